The average molecular weight is 477 g/mol. The quantitative estimate of drug-likeness (QED) is 0.476. The minimum atomic E-state index is -0.440. The Morgan fingerprint density at radius 3 is 2.59 bits per heavy atom. The van der Waals surface area contributed by atoms with Gasteiger partial charge in [-0.1, -0.05) is 23.8 Å². The number of benzene rings is 2. The Balaban J connectivity index is 1.60. The summed E-state index contributed by atoms with van der Waals surface area (Å²) < 4.78 is 11.3. The summed E-state index contributed by atoms with van der Waals surface area (Å²) in [5.74, 6) is 0.688. The molecule has 3 aromatic rings. The summed E-state index contributed by atoms with van der Waals surface area (Å²) in [4.78, 5) is 27.3. The third kappa shape index (κ3) is 5.48. The van der Waals surface area contributed by atoms with E-state index in [2.05, 4.69) is 10.6 Å². The summed E-state index contributed by atoms with van der Waals surface area (Å²) in [7, 11) is 1.57. The fourth-order valence-corrected chi connectivity index (χ4v) is 4.61. The van der Waals surface area contributed by atoms with E-state index >= 15 is 0 Å². The molecule has 0 radical (unpaired) electrons. The van der Waals surface area contributed by atoms with Crippen LogP contribution in [0.1, 0.15) is 52.7 Å². The standard InChI is InChI=1S/C27H28N2O4S/c1-17-7-12-24-21(14-17)23(16-27(2,3)33-24)29-26(31)22(15-20-6-5-13-34-20)28-25(30)18-8-10-19(32-4)11-9-18/h5-15,23H,16H2,1-4H3,(H,28,30)(H,29,31)/b22-15-. The smallest absolute Gasteiger partial charge is 0.268 e. The lowest BCUT2D eigenvalue weighted by molar-refractivity contribution is -0.119. The molecule has 2 aromatic carbocycles. The number of fused-ring (bicyclic) bond motifs is 1. The number of carbonyl (C=O) groups excluding carboxylic acids is 2. The van der Waals surface area contributed by atoms with Crippen molar-refractivity contribution in [2.75, 3.05) is 7.11 Å². The first-order valence-corrected chi connectivity index (χ1v) is 11.9. The predicted octanol–water partition coefficient (Wildman–Crippen LogP) is 5.25. The molecule has 1 aliphatic heterocycles. The fraction of sp³-hybridized carbons (Fsp3) is 0.259. The van der Waals surface area contributed by atoms with E-state index < -0.39 is 5.60 Å². The zero-order valence-electron chi connectivity index (χ0n) is 19.7. The summed E-state index contributed by atoms with van der Waals surface area (Å²) in [5, 5.41) is 7.85. The van der Waals surface area contributed by atoms with Crippen LogP contribution in [0.3, 0.4) is 0 Å². The van der Waals surface area contributed by atoms with E-state index in [1.54, 1.807) is 37.5 Å². The Hall–Kier alpha value is -3.58. The van der Waals surface area contributed by atoms with Crippen molar-refractivity contribution in [3.8, 4) is 11.5 Å². The van der Waals surface area contributed by atoms with Gasteiger partial charge >= 0.3 is 0 Å². The molecule has 4 rings (SSSR count). The highest BCUT2D eigenvalue weighted by molar-refractivity contribution is 7.10. The molecule has 0 bridgehead atoms. The van der Waals surface area contributed by atoms with Gasteiger partial charge in [-0.3, -0.25) is 9.59 Å². The highest BCUT2D eigenvalue weighted by Crippen LogP contribution is 2.40. The van der Waals surface area contributed by atoms with Crippen LogP contribution < -0.4 is 20.1 Å². The lowest BCUT2D eigenvalue weighted by atomic mass is 9.89. The van der Waals surface area contributed by atoms with E-state index in [0.717, 1.165) is 21.8 Å². The molecule has 2 N–H and O–H groups in total. The van der Waals surface area contributed by atoms with Gasteiger partial charge in [0.1, 0.15) is 22.8 Å². The van der Waals surface area contributed by atoms with Crippen molar-refractivity contribution in [1.82, 2.24) is 10.6 Å². The van der Waals surface area contributed by atoms with Gasteiger partial charge in [0.2, 0.25) is 0 Å². The molecule has 6 nitrogen and oxygen atoms in total. The molecule has 0 saturated carbocycles. The fourth-order valence-electron chi connectivity index (χ4n) is 3.95. The Bertz CT molecular complexity index is 1210. The first kappa shape index (κ1) is 23.6. The molecule has 1 aliphatic rings. The van der Waals surface area contributed by atoms with Crippen LogP contribution in [0.5, 0.6) is 11.5 Å². The summed E-state index contributed by atoms with van der Waals surface area (Å²) in [6.07, 6.45) is 2.30. The van der Waals surface area contributed by atoms with Crippen molar-refractivity contribution in [2.45, 2.75) is 38.8 Å². The Morgan fingerprint density at radius 2 is 1.91 bits per heavy atom. The maximum absolute atomic E-state index is 13.5. The lowest BCUT2D eigenvalue weighted by Crippen LogP contribution is -2.43. The number of amides is 2. The molecule has 0 spiro atoms. The Morgan fingerprint density at radius 1 is 1.15 bits per heavy atom. The predicted molar refractivity (Wildman–Crippen MR) is 134 cm³/mol. The summed E-state index contributed by atoms with van der Waals surface area (Å²) in [5.41, 5.74) is 2.19. The lowest BCUT2D eigenvalue weighted by Gasteiger charge is -2.38. The van der Waals surface area contributed by atoms with E-state index in [9.17, 15) is 9.59 Å². The van der Waals surface area contributed by atoms with E-state index in [4.69, 9.17) is 9.47 Å². The molecule has 2 amide bonds. The van der Waals surface area contributed by atoms with Crippen molar-refractivity contribution in [3.63, 3.8) is 0 Å². The maximum atomic E-state index is 13.5. The number of hydrogen-bond donors (Lipinski definition) is 2. The summed E-state index contributed by atoms with van der Waals surface area (Å²) >= 11 is 1.49. The third-order valence-corrected chi connectivity index (χ3v) is 6.42. The van der Waals surface area contributed by atoms with Crippen LogP contribution in [0, 0.1) is 6.92 Å². The number of thiophene rings is 1. The van der Waals surface area contributed by atoms with E-state index in [-0.39, 0.29) is 23.6 Å². The van der Waals surface area contributed by atoms with E-state index in [0.29, 0.717) is 17.7 Å². The number of methoxy groups -OCH3 is 1. The second kappa shape index (κ2) is 9.73. The molecule has 1 atom stereocenters. The van der Waals surface area contributed by atoms with Gasteiger partial charge in [0.05, 0.1) is 13.2 Å². The highest BCUT2D eigenvalue weighted by Gasteiger charge is 2.35. The minimum absolute atomic E-state index is 0.182. The van der Waals surface area contributed by atoms with Crippen molar-refractivity contribution in [3.05, 3.63) is 87.2 Å². The zero-order valence-corrected chi connectivity index (χ0v) is 20.5. The molecule has 2 heterocycles. The number of ether oxygens (including phenoxy) is 2. The van der Waals surface area contributed by atoms with Gasteiger partial charge in [0.25, 0.3) is 11.8 Å². The Kier molecular flexibility index (Phi) is 6.75. The van der Waals surface area contributed by atoms with Crippen LogP contribution in [0.4, 0.5) is 0 Å². The molecule has 34 heavy (non-hydrogen) atoms. The van der Waals surface area contributed by atoms with Gasteiger partial charge in [-0.25, -0.2) is 0 Å². The van der Waals surface area contributed by atoms with Crippen molar-refractivity contribution < 1.29 is 19.1 Å². The van der Waals surface area contributed by atoms with Crippen LogP contribution >= 0.6 is 11.3 Å². The molecular formula is C27H28N2O4S. The average Bonchev–Trinajstić information content (AvgIpc) is 3.32. The second-order valence-corrected chi connectivity index (χ2v) is 9.87. The van der Waals surface area contributed by atoms with Crippen LogP contribution in [0.2, 0.25) is 0 Å². The van der Waals surface area contributed by atoms with Gasteiger partial charge in [0, 0.05) is 22.4 Å². The molecule has 176 valence electrons. The normalized spacial score (nSPS) is 16.7. The van der Waals surface area contributed by atoms with Crippen molar-refractivity contribution in [1.29, 1.82) is 0 Å². The molecule has 0 saturated heterocycles. The summed E-state index contributed by atoms with van der Waals surface area (Å²) in [6, 6.07) is 16.3. The van der Waals surface area contributed by atoms with Crippen LogP contribution in [0.15, 0.2) is 65.7 Å². The maximum Gasteiger partial charge on any atom is 0.268 e. The van der Waals surface area contributed by atoms with E-state index in [1.165, 1.54) is 11.3 Å². The molecule has 0 aliphatic carbocycles. The largest absolute Gasteiger partial charge is 0.497 e. The van der Waals surface area contributed by atoms with Gasteiger partial charge in [-0.15, -0.1) is 11.3 Å². The van der Waals surface area contributed by atoms with Crippen molar-refractivity contribution in [2.24, 2.45) is 0 Å². The van der Waals surface area contributed by atoms with Crippen LogP contribution in [-0.2, 0) is 4.79 Å². The number of rotatable bonds is 6. The van der Waals surface area contributed by atoms with Gasteiger partial charge in [-0.2, -0.15) is 0 Å². The molecule has 1 aromatic heterocycles. The molecule has 1 unspecified atom stereocenters. The van der Waals surface area contributed by atoms with Gasteiger partial charge < -0.3 is 20.1 Å². The van der Waals surface area contributed by atoms with Gasteiger partial charge in [-0.05, 0) is 68.6 Å². The Labute approximate surface area is 203 Å². The summed E-state index contributed by atoms with van der Waals surface area (Å²) in [6.45, 7) is 6.02. The second-order valence-electron chi connectivity index (χ2n) is 8.89. The van der Waals surface area contributed by atoms with E-state index in [1.807, 2.05) is 56.5 Å². The van der Waals surface area contributed by atoms with Crippen molar-refractivity contribution >= 4 is 29.2 Å². The minimum Gasteiger partial charge on any atom is -0.497 e. The number of nitrogens with one attached hydrogen (secondary N) is 2. The number of carbonyl (C=O) groups is 2. The monoisotopic (exact) mass is 476 g/mol. The number of aryl methyl sites for hydroxylation is 1. The molecule has 0 fully saturated rings. The highest BCUT2D eigenvalue weighted by atomic mass is 32.1. The molecule has 7 heteroatoms. The number of hydrogen-bond acceptors (Lipinski definition) is 5. The first-order valence-electron chi connectivity index (χ1n) is 11.0. The third-order valence-electron chi connectivity index (χ3n) is 5.60. The van der Waals surface area contributed by atoms with Crippen LogP contribution in [0.25, 0.3) is 6.08 Å². The topological polar surface area (TPSA) is 76.7 Å². The molecular weight excluding hydrogens is 448 g/mol. The van der Waals surface area contributed by atoms with Crippen LogP contribution in [-0.4, -0.2) is 24.5 Å². The zero-order chi connectivity index (χ0) is 24.3. The SMILES string of the molecule is COc1ccc(C(=O)N/C(=C\c2cccs2)C(=O)NC2CC(C)(C)Oc3ccc(C)cc32)cc1. The first-order chi connectivity index (χ1) is 16.2. The van der Waals surface area contributed by atoms with Gasteiger partial charge in [0.15, 0.2) is 0 Å².